The lowest BCUT2D eigenvalue weighted by Gasteiger charge is -2.58. The Hall–Kier alpha value is -0.820. The van der Waals surface area contributed by atoms with Gasteiger partial charge in [-0.15, -0.1) is 0 Å². The number of hydrogen-bond donors (Lipinski definition) is 1. The highest BCUT2D eigenvalue weighted by Crippen LogP contribution is 2.56. The molecule has 5 aliphatic carbocycles. The summed E-state index contributed by atoms with van der Waals surface area (Å²) in [7, 11) is 0. The summed E-state index contributed by atoms with van der Waals surface area (Å²) in [5, 5.41) is 4.18. The largest absolute Gasteiger partial charge is 0.304 e. The molecule has 1 aromatic rings. The Kier molecular flexibility index (Phi) is 2.42. The summed E-state index contributed by atoms with van der Waals surface area (Å²) in [6.07, 6.45) is 11.6. The molecule has 1 unspecified atom stereocenters. The third-order valence-corrected chi connectivity index (χ3v) is 6.65. The fourth-order valence-corrected chi connectivity index (χ4v) is 6.36. The van der Waals surface area contributed by atoms with Crippen LogP contribution in [0.1, 0.15) is 62.1 Å². The van der Waals surface area contributed by atoms with E-state index in [1.807, 2.05) is 0 Å². The maximum absolute atomic E-state index is 4.18. The van der Waals surface area contributed by atoms with Crippen LogP contribution < -0.4 is 5.32 Å². The average Bonchev–Trinajstić information content (AvgIpc) is 2.80. The number of hydrogen-bond acceptors (Lipinski definition) is 1. The molecule has 0 saturated heterocycles. The first-order chi connectivity index (χ1) is 9.80. The second-order valence-electron chi connectivity index (χ2n) is 8.13. The molecule has 0 amide bonds. The zero-order valence-corrected chi connectivity index (χ0v) is 12.3. The molecule has 0 radical (unpaired) electrons. The Morgan fingerprint density at radius 2 is 1.55 bits per heavy atom. The third-order valence-electron chi connectivity index (χ3n) is 6.65. The van der Waals surface area contributed by atoms with E-state index in [9.17, 15) is 0 Å². The van der Waals surface area contributed by atoms with Gasteiger partial charge >= 0.3 is 0 Å². The lowest BCUT2D eigenvalue weighted by Crippen LogP contribution is -2.58. The van der Waals surface area contributed by atoms with Gasteiger partial charge in [0.2, 0.25) is 0 Å². The van der Waals surface area contributed by atoms with Crippen molar-refractivity contribution in [3.8, 4) is 0 Å². The standard InChI is InChI=1S/C19H25N/c1-2-4-17-16(3-1)5-6-18(17)20-19-10-13-7-14(11-19)9-15(8-13)12-19/h1-4,13-15,18,20H,5-12H2. The van der Waals surface area contributed by atoms with Gasteiger partial charge in [0.15, 0.2) is 0 Å². The van der Waals surface area contributed by atoms with Crippen molar-refractivity contribution in [2.75, 3.05) is 0 Å². The predicted octanol–water partition coefficient (Wildman–Crippen LogP) is 4.23. The Labute approximate surface area is 122 Å². The van der Waals surface area contributed by atoms with Gasteiger partial charge in [-0.05, 0) is 80.2 Å². The van der Waals surface area contributed by atoms with Crippen LogP contribution in [-0.2, 0) is 6.42 Å². The van der Waals surface area contributed by atoms with Crippen LogP contribution in [0.4, 0.5) is 0 Å². The number of rotatable bonds is 2. The monoisotopic (exact) mass is 267 g/mol. The normalized spacial score (nSPS) is 44.8. The van der Waals surface area contributed by atoms with Gasteiger partial charge in [-0.25, -0.2) is 0 Å². The highest BCUT2D eigenvalue weighted by atomic mass is 15.0. The Balaban J connectivity index is 1.42. The van der Waals surface area contributed by atoms with E-state index >= 15 is 0 Å². The highest BCUT2D eigenvalue weighted by molar-refractivity contribution is 5.34. The van der Waals surface area contributed by atoms with Gasteiger partial charge in [0.25, 0.3) is 0 Å². The van der Waals surface area contributed by atoms with Gasteiger partial charge in [-0.3, -0.25) is 0 Å². The van der Waals surface area contributed by atoms with Crippen LogP contribution in [0.2, 0.25) is 0 Å². The van der Waals surface area contributed by atoms with Crippen LogP contribution >= 0.6 is 0 Å². The summed E-state index contributed by atoms with van der Waals surface area (Å²) < 4.78 is 0. The molecular formula is C19H25N. The number of fused-ring (bicyclic) bond motifs is 1. The molecule has 0 spiro atoms. The molecule has 1 nitrogen and oxygen atoms in total. The number of nitrogens with one attached hydrogen (secondary N) is 1. The van der Waals surface area contributed by atoms with Gasteiger partial charge in [-0.1, -0.05) is 24.3 Å². The molecule has 0 aliphatic heterocycles. The minimum Gasteiger partial charge on any atom is -0.304 e. The zero-order chi connectivity index (χ0) is 13.2. The first-order valence-electron chi connectivity index (χ1n) is 8.65. The predicted molar refractivity (Wildman–Crippen MR) is 81.5 cm³/mol. The molecule has 1 heteroatoms. The van der Waals surface area contributed by atoms with Gasteiger partial charge in [0.05, 0.1) is 0 Å². The topological polar surface area (TPSA) is 12.0 Å². The minimum atomic E-state index is 0.511. The van der Waals surface area contributed by atoms with E-state index in [2.05, 4.69) is 29.6 Å². The fraction of sp³-hybridized carbons (Fsp3) is 0.684. The van der Waals surface area contributed by atoms with E-state index in [0.29, 0.717) is 11.6 Å². The molecule has 1 aromatic carbocycles. The van der Waals surface area contributed by atoms with Crippen LogP contribution in [-0.4, -0.2) is 5.54 Å². The fourth-order valence-electron chi connectivity index (χ4n) is 6.36. The van der Waals surface area contributed by atoms with Crippen molar-refractivity contribution in [2.24, 2.45) is 17.8 Å². The van der Waals surface area contributed by atoms with Crippen LogP contribution in [0.5, 0.6) is 0 Å². The molecule has 1 atom stereocenters. The highest BCUT2D eigenvalue weighted by Gasteiger charge is 2.51. The van der Waals surface area contributed by atoms with Crippen molar-refractivity contribution in [3.05, 3.63) is 35.4 Å². The van der Waals surface area contributed by atoms with E-state index in [1.165, 1.54) is 32.1 Å². The molecule has 0 aromatic heterocycles. The quantitative estimate of drug-likeness (QED) is 0.845. The van der Waals surface area contributed by atoms with Crippen LogP contribution in [0, 0.1) is 17.8 Å². The van der Waals surface area contributed by atoms with Crippen LogP contribution in [0.25, 0.3) is 0 Å². The van der Waals surface area contributed by atoms with Crippen molar-refractivity contribution >= 4 is 0 Å². The van der Waals surface area contributed by atoms with Crippen LogP contribution in [0.3, 0.4) is 0 Å². The summed E-state index contributed by atoms with van der Waals surface area (Å²) in [4.78, 5) is 0. The summed E-state index contributed by atoms with van der Waals surface area (Å²) in [5.74, 6) is 3.14. The molecule has 6 rings (SSSR count). The molecule has 5 aliphatic rings. The van der Waals surface area contributed by atoms with Crippen LogP contribution in [0.15, 0.2) is 24.3 Å². The number of aryl methyl sites for hydroxylation is 1. The van der Waals surface area contributed by atoms with Crippen molar-refractivity contribution in [1.82, 2.24) is 5.32 Å². The number of benzene rings is 1. The SMILES string of the molecule is c1ccc2c(c1)CCC2NC12CC3CC(CC(C3)C1)C2. The lowest BCUT2D eigenvalue weighted by molar-refractivity contribution is -0.0254. The summed E-state index contributed by atoms with van der Waals surface area (Å²) >= 11 is 0. The van der Waals surface area contributed by atoms with Gasteiger partial charge in [0.1, 0.15) is 0 Å². The molecule has 4 bridgehead atoms. The van der Waals surface area contributed by atoms with Crippen molar-refractivity contribution in [2.45, 2.75) is 62.9 Å². The average molecular weight is 267 g/mol. The first kappa shape index (κ1) is 11.8. The Bertz CT molecular complexity index is 497. The maximum atomic E-state index is 4.18. The molecular weight excluding hydrogens is 242 g/mol. The van der Waals surface area contributed by atoms with Crippen molar-refractivity contribution in [1.29, 1.82) is 0 Å². The minimum absolute atomic E-state index is 0.511. The third kappa shape index (κ3) is 1.72. The van der Waals surface area contributed by atoms with E-state index in [0.717, 1.165) is 17.8 Å². The smallest absolute Gasteiger partial charge is 0.0331 e. The first-order valence-corrected chi connectivity index (χ1v) is 8.65. The summed E-state index contributed by atoms with van der Waals surface area (Å²) in [6.45, 7) is 0. The second kappa shape index (κ2) is 4.10. The van der Waals surface area contributed by atoms with E-state index in [1.54, 1.807) is 30.4 Å². The van der Waals surface area contributed by atoms with E-state index < -0.39 is 0 Å². The summed E-state index contributed by atoms with van der Waals surface area (Å²) in [6, 6.07) is 9.75. The Morgan fingerprint density at radius 1 is 0.900 bits per heavy atom. The molecule has 4 fully saturated rings. The zero-order valence-electron chi connectivity index (χ0n) is 12.3. The van der Waals surface area contributed by atoms with Crippen molar-refractivity contribution in [3.63, 3.8) is 0 Å². The lowest BCUT2D eigenvalue weighted by atomic mass is 9.53. The Morgan fingerprint density at radius 3 is 2.25 bits per heavy atom. The molecule has 1 N–H and O–H groups in total. The van der Waals surface area contributed by atoms with Gasteiger partial charge in [0, 0.05) is 11.6 Å². The van der Waals surface area contributed by atoms with Gasteiger partial charge < -0.3 is 5.32 Å². The van der Waals surface area contributed by atoms with E-state index in [4.69, 9.17) is 0 Å². The van der Waals surface area contributed by atoms with Crippen molar-refractivity contribution < 1.29 is 0 Å². The molecule has 20 heavy (non-hydrogen) atoms. The molecule has 106 valence electrons. The maximum Gasteiger partial charge on any atom is 0.0331 e. The summed E-state index contributed by atoms with van der Waals surface area (Å²) in [5.41, 5.74) is 3.70. The molecule has 4 saturated carbocycles. The van der Waals surface area contributed by atoms with E-state index in [-0.39, 0.29) is 0 Å². The van der Waals surface area contributed by atoms with Gasteiger partial charge in [-0.2, -0.15) is 0 Å². The second-order valence-corrected chi connectivity index (χ2v) is 8.13. The molecule has 0 heterocycles.